The van der Waals surface area contributed by atoms with Crippen molar-refractivity contribution in [2.75, 3.05) is 0 Å². The highest BCUT2D eigenvalue weighted by atomic mass is 16.4. The van der Waals surface area contributed by atoms with E-state index in [-0.39, 0.29) is 11.1 Å². The van der Waals surface area contributed by atoms with Gasteiger partial charge >= 0.3 is 11.9 Å². The molecule has 0 atom stereocenters. The van der Waals surface area contributed by atoms with Crippen molar-refractivity contribution in [3.63, 3.8) is 0 Å². The maximum Gasteiger partial charge on any atom is 0.336 e. The lowest BCUT2D eigenvalue weighted by Crippen LogP contribution is -2.12. The van der Waals surface area contributed by atoms with E-state index in [9.17, 15) is 9.59 Å². The van der Waals surface area contributed by atoms with Crippen molar-refractivity contribution in [2.45, 2.75) is 26.7 Å². The van der Waals surface area contributed by atoms with Crippen LogP contribution in [0.5, 0.6) is 0 Å². The zero-order chi connectivity index (χ0) is 12.3. The van der Waals surface area contributed by atoms with Crippen LogP contribution in [0, 0.1) is 0 Å². The summed E-state index contributed by atoms with van der Waals surface area (Å²) in [4.78, 5) is 22.1. The van der Waals surface area contributed by atoms with Crippen molar-refractivity contribution >= 4 is 11.9 Å². The van der Waals surface area contributed by atoms with Gasteiger partial charge in [-0.2, -0.15) is 0 Å². The maximum atomic E-state index is 11.1. The first-order valence-corrected chi connectivity index (χ1v) is 5.14. The van der Waals surface area contributed by atoms with Gasteiger partial charge in [-0.25, -0.2) is 9.59 Å². The van der Waals surface area contributed by atoms with Crippen molar-refractivity contribution in [1.29, 1.82) is 0 Å². The summed E-state index contributed by atoms with van der Waals surface area (Å²) < 4.78 is 0. The van der Waals surface area contributed by atoms with Gasteiger partial charge in [0.1, 0.15) is 0 Å². The molecule has 4 heteroatoms. The minimum absolute atomic E-state index is 0.0806. The number of hydrogen-bond donors (Lipinski definition) is 2. The molecule has 86 valence electrons. The van der Waals surface area contributed by atoms with Gasteiger partial charge in [-0.3, -0.25) is 0 Å². The molecular weight excluding hydrogens is 208 g/mol. The van der Waals surface area contributed by atoms with E-state index >= 15 is 0 Å². The second-order valence-corrected chi connectivity index (χ2v) is 3.44. The van der Waals surface area contributed by atoms with Crippen molar-refractivity contribution in [1.82, 2.24) is 0 Å². The Morgan fingerprint density at radius 1 is 1.06 bits per heavy atom. The summed E-state index contributed by atoms with van der Waals surface area (Å²) in [6.07, 6.45) is 0.978. The third-order valence-electron chi connectivity index (χ3n) is 2.58. The van der Waals surface area contributed by atoms with Crippen LogP contribution in [0.3, 0.4) is 0 Å². The molecule has 0 spiro atoms. The number of rotatable bonds is 4. The van der Waals surface area contributed by atoms with Gasteiger partial charge in [0.15, 0.2) is 0 Å². The monoisotopic (exact) mass is 222 g/mol. The maximum absolute atomic E-state index is 11.1. The Kier molecular flexibility index (Phi) is 3.66. The zero-order valence-electron chi connectivity index (χ0n) is 9.28. The summed E-state index contributed by atoms with van der Waals surface area (Å²) in [6, 6.07) is 3.05. The topological polar surface area (TPSA) is 74.6 Å². The van der Waals surface area contributed by atoms with E-state index in [4.69, 9.17) is 10.2 Å². The van der Waals surface area contributed by atoms with Crippen LogP contribution >= 0.6 is 0 Å². The summed E-state index contributed by atoms with van der Waals surface area (Å²) in [7, 11) is 0. The number of carboxylic acid groups (broad SMARTS) is 2. The average molecular weight is 222 g/mol. The van der Waals surface area contributed by atoms with E-state index in [2.05, 4.69) is 0 Å². The van der Waals surface area contributed by atoms with Gasteiger partial charge in [0.25, 0.3) is 0 Å². The highest BCUT2D eigenvalue weighted by Gasteiger charge is 2.19. The fourth-order valence-electron chi connectivity index (χ4n) is 1.82. The molecule has 0 bridgehead atoms. The normalized spacial score (nSPS) is 10.1. The third-order valence-corrected chi connectivity index (χ3v) is 2.58. The molecule has 0 heterocycles. The van der Waals surface area contributed by atoms with Crippen LogP contribution in [0.15, 0.2) is 12.1 Å². The quantitative estimate of drug-likeness (QED) is 0.819. The molecule has 0 aliphatic rings. The molecule has 0 saturated carbocycles. The number of aryl methyl sites for hydroxylation is 1. The Morgan fingerprint density at radius 3 is 2.06 bits per heavy atom. The first-order chi connectivity index (χ1) is 7.52. The Labute approximate surface area is 93.5 Å². The van der Waals surface area contributed by atoms with E-state index in [0.717, 1.165) is 0 Å². The minimum atomic E-state index is -1.08. The highest BCUT2D eigenvalue weighted by molar-refractivity contribution is 5.97. The van der Waals surface area contributed by atoms with Crippen LogP contribution in [0.4, 0.5) is 0 Å². The van der Waals surface area contributed by atoms with Crippen LogP contribution in [0.1, 0.15) is 45.7 Å². The van der Waals surface area contributed by atoms with Crippen LogP contribution < -0.4 is 0 Å². The fraction of sp³-hybridized carbons (Fsp3) is 0.333. The van der Waals surface area contributed by atoms with Crippen LogP contribution in [0.25, 0.3) is 0 Å². The number of carbonyl (C=O) groups is 2. The number of aromatic carboxylic acids is 2. The molecule has 4 nitrogen and oxygen atoms in total. The van der Waals surface area contributed by atoms with E-state index in [1.807, 2.05) is 6.92 Å². The molecule has 0 unspecified atom stereocenters. The molecular formula is C12H14O4. The van der Waals surface area contributed by atoms with Crippen LogP contribution in [0.2, 0.25) is 0 Å². The van der Waals surface area contributed by atoms with E-state index < -0.39 is 11.9 Å². The molecule has 1 rings (SSSR count). The van der Waals surface area contributed by atoms with Crippen molar-refractivity contribution in [3.8, 4) is 0 Å². The second-order valence-electron chi connectivity index (χ2n) is 3.44. The molecule has 0 radical (unpaired) electrons. The summed E-state index contributed by atoms with van der Waals surface area (Å²) >= 11 is 0. The molecule has 0 saturated heterocycles. The SMILES string of the molecule is CCc1ccc(C(=O)O)c(CC)c1C(=O)O. The van der Waals surface area contributed by atoms with E-state index in [1.165, 1.54) is 6.07 Å². The van der Waals surface area contributed by atoms with Gasteiger partial charge in [0.05, 0.1) is 11.1 Å². The second kappa shape index (κ2) is 4.79. The average Bonchev–Trinajstić information content (AvgIpc) is 2.26. The lowest BCUT2D eigenvalue weighted by Gasteiger charge is -2.11. The predicted octanol–water partition coefficient (Wildman–Crippen LogP) is 2.21. The van der Waals surface area contributed by atoms with Crippen molar-refractivity contribution in [2.24, 2.45) is 0 Å². The predicted molar refractivity (Wildman–Crippen MR) is 59.1 cm³/mol. The van der Waals surface area contributed by atoms with Gasteiger partial charge in [0, 0.05) is 0 Å². The first-order valence-electron chi connectivity index (χ1n) is 5.14. The summed E-state index contributed by atoms with van der Waals surface area (Å²) in [5, 5.41) is 18.1. The van der Waals surface area contributed by atoms with Crippen LogP contribution in [-0.4, -0.2) is 22.2 Å². The molecule has 1 aromatic rings. The molecule has 0 aliphatic heterocycles. The van der Waals surface area contributed by atoms with E-state index in [0.29, 0.717) is 24.0 Å². The highest BCUT2D eigenvalue weighted by Crippen LogP contribution is 2.21. The molecule has 0 fully saturated rings. The standard InChI is InChI=1S/C12H14O4/c1-3-7-5-6-9(11(13)14)8(4-2)10(7)12(15)16/h5-6H,3-4H2,1-2H3,(H,13,14)(H,15,16). The number of benzene rings is 1. The van der Waals surface area contributed by atoms with Crippen molar-refractivity contribution in [3.05, 3.63) is 34.4 Å². The van der Waals surface area contributed by atoms with Gasteiger partial charge in [-0.15, -0.1) is 0 Å². The van der Waals surface area contributed by atoms with Crippen molar-refractivity contribution < 1.29 is 19.8 Å². The van der Waals surface area contributed by atoms with Gasteiger partial charge in [0.2, 0.25) is 0 Å². The first kappa shape index (κ1) is 12.2. The Morgan fingerprint density at radius 2 is 1.69 bits per heavy atom. The molecule has 0 aliphatic carbocycles. The summed E-state index contributed by atoms with van der Waals surface area (Å²) in [6.45, 7) is 3.61. The van der Waals surface area contributed by atoms with Gasteiger partial charge in [-0.1, -0.05) is 19.9 Å². The minimum Gasteiger partial charge on any atom is -0.478 e. The smallest absolute Gasteiger partial charge is 0.336 e. The number of hydrogen-bond acceptors (Lipinski definition) is 2. The van der Waals surface area contributed by atoms with Gasteiger partial charge in [-0.05, 0) is 30.0 Å². The third kappa shape index (κ3) is 2.05. The Balaban J connectivity index is 3.56. The molecule has 0 aromatic heterocycles. The van der Waals surface area contributed by atoms with Crippen LogP contribution in [-0.2, 0) is 12.8 Å². The fourth-order valence-corrected chi connectivity index (χ4v) is 1.82. The molecule has 16 heavy (non-hydrogen) atoms. The summed E-state index contributed by atoms with van der Waals surface area (Å²) in [5.41, 5.74) is 1.30. The lowest BCUT2D eigenvalue weighted by atomic mass is 9.93. The summed E-state index contributed by atoms with van der Waals surface area (Å²) in [5.74, 6) is -2.14. The Bertz CT molecular complexity index is 435. The number of carboxylic acids is 2. The molecule has 0 amide bonds. The lowest BCUT2D eigenvalue weighted by molar-refractivity contribution is 0.0694. The zero-order valence-corrected chi connectivity index (χ0v) is 9.28. The van der Waals surface area contributed by atoms with E-state index in [1.54, 1.807) is 13.0 Å². The van der Waals surface area contributed by atoms with Gasteiger partial charge < -0.3 is 10.2 Å². The largest absolute Gasteiger partial charge is 0.478 e. The molecule has 1 aromatic carbocycles. The Hall–Kier alpha value is -1.84. The molecule has 2 N–H and O–H groups in total.